The van der Waals surface area contributed by atoms with E-state index in [1.807, 2.05) is 21.9 Å². The first-order chi connectivity index (χ1) is 29.6. The van der Waals surface area contributed by atoms with Crippen LogP contribution < -0.4 is 15.4 Å². The Morgan fingerprint density at radius 1 is 0.787 bits per heavy atom. The highest BCUT2D eigenvalue weighted by Gasteiger charge is 2.47. The normalized spacial score (nSPS) is 23.5. The van der Waals surface area contributed by atoms with Crippen LogP contribution in [0.1, 0.15) is 113 Å². The third kappa shape index (κ3) is 7.15. The number of halogens is 3. The highest BCUT2D eigenvalue weighted by molar-refractivity contribution is 6.35. The van der Waals surface area contributed by atoms with Crippen LogP contribution in [0, 0.1) is 23.5 Å². The first-order valence-corrected chi connectivity index (χ1v) is 22.9. The van der Waals surface area contributed by atoms with Gasteiger partial charge in [-0.2, -0.15) is 4.98 Å². The number of likely N-dealkylation sites (tertiary alicyclic amines) is 1. The Hall–Kier alpha value is -4.68. The zero-order valence-electron chi connectivity index (χ0n) is 34.7. The molecule has 1 aromatic heterocycles. The van der Waals surface area contributed by atoms with E-state index in [1.165, 1.54) is 29.7 Å². The van der Waals surface area contributed by atoms with E-state index in [-0.39, 0.29) is 35.6 Å². The molecule has 3 saturated heterocycles. The maximum absolute atomic E-state index is 15.2. The summed E-state index contributed by atoms with van der Waals surface area (Å²) in [6, 6.07) is 15.2. The van der Waals surface area contributed by atoms with E-state index in [9.17, 15) is 19.2 Å². The largest absolute Gasteiger partial charge is 0.368 e. The van der Waals surface area contributed by atoms with Gasteiger partial charge >= 0.3 is 0 Å². The summed E-state index contributed by atoms with van der Waals surface area (Å²) < 4.78 is 32.7. The number of rotatable bonds is 6. The number of imide groups is 1. The second-order valence-corrected chi connectivity index (χ2v) is 18.9. The number of nitrogens with zero attached hydrogens (tertiary/aromatic N) is 6. The average Bonchev–Trinajstić information content (AvgIpc) is 3.52. The molecule has 0 unspecified atom stereocenters. The van der Waals surface area contributed by atoms with E-state index in [4.69, 9.17) is 16.6 Å². The van der Waals surface area contributed by atoms with Gasteiger partial charge in [0.05, 0.1) is 27.0 Å². The van der Waals surface area contributed by atoms with Crippen LogP contribution in [0.25, 0.3) is 16.6 Å². The van der Waals surface area contributed by atoms with E-state index >= 15 is 8.78 Å². The molecule has 13 heteroatoms. The van der Waals surface area contributed by atoms with Gasteiger partial charge in [0.1, 0.15) is 11.5 Å². The molecule has 0 radical (unpaired) electrons. The standard InChI is InChI=1S/C48H53ClF2N6O4/c49-36-6-4-7-39-43(36)45(60)52-47-48(18-2-1-3-19-48)35-15-14-33(26-40(35)56(39)47)31-16-20-53(21-17-31)29-30-10-12-32(13-11-30)46(61)55-24-22-54(23-25-55)34-27-37(50)44(38(51)28-34)57-41(58)8-5-9-42(57)59/h4,6-7,14-15,26-28,30-32H,1-3,5,8-13,16-25,29H2. The Morgan fingerprint density at radius 2 is 1.48 bits per heavy atom. The second kappa shape index (κ2) is 16.2. The molecular formula is C48H53ClF2N6O4. The number of hydrogen-bond donors (Lipinski definition) is 0. The van der Waals surface area contributed by atoms with Crippen molar-refractivity contribution in [2.24, 2.45) is 11.8 Å². The third-order valence-corrected chi connectivity index (χ3v) is 15.3. The molecule has 10 rings (SSSR count). The minimum atomic E-state index is -0.935. The lowest BCUT2D eigenvalue weighted by molar-refractivity contribution is -0.137. The molecule has 4 aliphatic heterocycles. The molecule has 0 bridgehead atoms. The highest BCUT2D eigenvalue weighted by Crippen LogP contribution is 2.52. The lowest BCUT2D eigenvalue weighted by atomic mass is 9.69. The zero-order valence-corrected chi connectivity index (χ0v) is 35.4. The fourth-order valence-electron chi connectivity index (χ4n) is 11.8. The Bertz CT molecular complexity index is 2420. The average molecular weight is 851 g/mol. The molecule has 10 nitrogen and oxygen atoms in total. The lowest BCUT2D eigenvalue weighted by Crippen LogP contribution is -2.51. The molecule has 0 atom stereocenters. The summed E-state index contributed by atoms with van der Waals surface area (Å²) in [5, 5.41) is 0.941. The van der Waals surface area contributed by atoms with Gasteiger partial charge in [-0.15, -0.1) is 0 Å². The van der Waals surface area contributed by atoms with Crippen LogP contribution in [0.4, 0.5) is 20.2 Å². The summed E-state index contributed by atoms with van der Waals surface area (Å²) in [4.78, 5) is 63.5. The predicted octanol–water partition coefficient (Wildman–Crippen LogP) is 8.26. The van der Waals surface area contributed by atoms with Crippen molar-refractivity contribution in [3.63, 3.8) is 0 Å². The molecule has 4 aromatic rings. The van der Waals surface area contributed by atoms with Crippen molar-refractivity contribution in [1.29, 1.82) is 0 Å². The van der Waals surface area contributed by atoms with Crippen LogP contribution >= 0.6 is 11.6 Å². The molecule has 3 amide bonds. The molecule has 5 heterocycles. The number of piperidine rings is 2. The maximum Gasteiger partial charge on any atom is 0.282 e. The summed E-state index contributed by atoms with van der Waals surface area (Å²) in [6.07, 6.45) is 12.0. The van der Waals surface area contributed by atoms with E-state index in [2.05, 4.69) is 27.7 Å². The minimum absolute atomic E-state index is 0.00135. The van der Waals surface area contributed by atoms with Crippen molar-refractivity contribution >= 4 is 51.6 Å². The van der Waals surface area contributed by atoms with Crippen molar-refractivity contribution in [2.45, 2.75) is 101 Å². The molecule has 0 N–H and O–H groups in total. The molecular weight excluding hydrogens is 798 g/mol. The highest BCUT2D eigenvalue weighted by atomic mass is 35.5. The van der Waals surface area contributed by atoms with Gasteiger partial charge in [-0.3, -0.25) is 23.7 Å². The molecule has 6 aliphatic rings. The molecule has 2 saturated carbocycles. The van der Waals surface area contributed by atoms with Gasteiger partial charge in [0.2, 0.25) is 17.7 Å². The van der Waals surface area contributed by atoms with Gasteiger partial charge in [0.25, 0.3) is 5.56 Å². The fraction of sp³-hybridized carbons (Fsp3) is 0.521. The summed E-state index contributed by atoms with van der Waals surface area (Å²) in [5.41, 5.74) is 3.93. The van der Waals surface area contributed by atoms with Crippen LogP contribution in [0.2, 0.25) is 5.02 Å². The molecule has 3 aromatic carbocycles. The number of amides is 3. The van der Waals surface area contributed by atoms with Crippen molar-refractivity contribution in [2.75, 3.05) is 55.6 Å². The minimum Gasteiger partial charge on any atom is -0.368 e. The number of hydrogen-bond acceptors (Lipinski definition) is 7. The maximum atomic E-state index is 15.2. The number of benzene rings is 3. The second-order valence-electron chi connectivity index (χ2n) is 18.5. The van der Waals surface area contributed by atoms with Crippen LogP contribution in [0.15, 0.2) is 53.3 Å². The monoisotopic (exact) mass is 850 g/mol. The van der Waals surface area contributed by atoms with Gasteiger partial charge in [-0.1, -0.05) is 49.1 Å². The molecule has 1 spiro atoms. The SMILES string of the molecule is O=C(C1CCC(CN2CCC(c3ccc4c(c3)-n3c(nc(=O)c5c(Cl)cccc53)C43CCCCC3)CC2)CC1)N1CCN(c2cc(F)c(N3C(=O)CCCC3=O)c(F)c2)CC1. The molecule has 320 valence electrons. The van der Waals surface area contributed by atoms with Gasteiger partial charge < -0.3 is 14.7 Å². The first kappa shape index (κ1) is 40.4. The fourth-order valence-corrected chi connectivity index (χ4v) is 12.0. The zero-order chi connectivity index (χ0) is 42.0. The summed E-state index contributed by atoms with van der Waals surface area (Å²) in [6.45, 7) is 4.99. The van der Waals surface area contributed by atoms with Crippen LogP contribution in [-0.4, -0.2) is 82.9 Å². The smallest absolute Gasteiger partial charge is 0.282 e. The Balaban J connectivity index is 0.728. The Labute approximate surface area is 359 Å². The van der Waals surface area contributed by atoms with Crippen molar-refractivity contribution in [1.82, 2.24) is 19.4 Å². The summed E-state index contributed by atoms with van der Waals surface area (Å²) >= 11 is 6.61. The van der Waals surface area contributed by atoms with Gasteiger partial charge in [-0.05, 0) is 124 Å². The molecule has 5 fully saturated rings. The van der Waals surface area contributed by atoms with Crippen LogP contribution in [0.5, 0.6) is 0 Å². The van der Waals surface area contributed by atoms with E-state index in [0.717, 1.165) is 101 Å². The number of carbonyl (C=O) groups is 3. The first-order valence-electron chi connectivity index (χ1n) is 22.6. The number of anilines is 2. The number of aromatic nitrogens is 2. The van der Waals surface area contributed by atoms with Crippen LogP contribution in [-0.2, 0) is 19.8 Å². The Morgan fingerprint density at radius 3 is 2.16 bits per heavy atom. The van der Waals surface area contributed by atoms with Gasteiger partial charge in [-0.25, -0.2) is 13.7 Å². The Kier molecular flexibility index (Phi) is 10.7. The number of carbonyl (C=O) groups excluding carboxylic acids is 3. The lowest BCUT2D eigenvalue weighted by Gasteiger charge is -2.40. The van der Waals surface area contributed by atoms with Crippen molar-refractivity contribution in [3.05, 3.63) is 92.5 Å². The summed E-state index contributed by atoms with van der Waals surface area (Å²) in [7, 11) is 0. The number of piperazine rings is 1. The van der Waals surface area contributed by atoms with E-state index < -0.39 is 29.1 Å². The van der Waals surface area contributed by atoms with Crippen molar-refractivity contribution in [3.8, 4) is 5.69 Å². The topological polar surface area (TPSA) is 99.1 Å². The van der Waals surface area contributed by atoms with Gasteiger partial charge in [0, 0.05) is 57.2 Å². The van der Waals surface area contributed by atoms with E-state index in [0.29, 0.717) is 65.4 Å². The predicted molar refractivity (Wildman–Crippen MR) is 232 cm³/mol. The third-order valence-electron chi connectivity index (χ3n) is 15.0. The van der Waals surface area contributed by atoms with Crippen LogP contribution in [0.3, 0.4) is 0 Å². The number of fused-ring (bicyclic) bond motifs is 7. The molecule has 61 heavy (non-hydrogen) atoms. The van der Waals surface area contributed by atoms with Crippen molar-refractivity contribution < 1.29 is 23.2 Å². The quantitative estimate of drug-likeness (QED) is 0.180. The molecule has 2 aliphatic carbocycles. The van der Waals surface area contributed by atoms with E-state index in [1.54, 1.807) is 6.07 Å². The van der Waals surface area contributed by atoms with Gasteiger partial charge in [0.15, 0.2) is 11.6 Å². The summed E-state index contributed by atoms with van der Waals surface area (Å²) in [5.74, 6) is -0.958.